The topological polar surface area (TPSA) is 87.3 Å². The van der Waals surface area contributed by atoms with E-state index in [-0.39, 0.29) is 17.5 Å². The summed E-state index contributed by atoms with van der Waals surface area (Å²) in [4.78, 5) is 39.5. The molecule has 3 N–H and O–H groups in total. The van der Waals surface area contributed by atoms with Crippen molar-refractivity contribution in [2.75, 3.05) is 10.6 Å². The van der Waals surface area contributed by atoms with Crippen LogP contribution in [0.5, 0.6) is 0 Å². The highest BCUT2D eigenvalue weighted by atomic mass is 35.5. The van der Waals surface area contributed by atoms with Crippen molar-refractivity contribution in [3.63, 3.8) is 0 Å². The van der Waals surface area contributed by atoms with Crippen molar-refractivity contribution >= 4 is 69.9 Å². The molecule has 1 unspecified atom stereocenters. The number of thiophene rings is 1. The third-order valence-corrected chi connectivity index (χ3v) is 7.80. The molecular formula is C30H26ClN3O3S2. The van der Waals surface area contributed by atoms with Gasteiger partial charge in [0.15, 0.2) is 0 Å². The number of carbonyl (C=O) groups excluding carboxylic acids is 3. The van der Waals surface area contributed by atoms with Crippen molar-refractivity contribution in [3.05, 3.63) is 117 Å². The summed E-state index contributed by atoms with van der Waals surface area (Å²) in [6.45, 7) is 3.71. The summed E-state index contributed by atoms with van der Waals surface area (Å²) >= 11 is 9.02. The molecule has 4 rings (SSSR count). The Bertz CT molecular complexity index is 1510. The first-order chi connectivity index (χ1) is 18.8. The average Bonchev–Trinajstić information content (AvgIpc) is 3.44. The number of amides is 3. The maximum Gasteiger partial charge on any atom is 0.272 e. The summed E-state index contributed by atoms with van der Waals surface area (Å²) in [6.07, 6.45) is 1.63. The minimum absolute atomic E-state index is 0.116. The van der Waals surface area contributed by atoms with Gasteiger partial charge in [0.2, 0.25) is 5.91 Å². The molecule has 6 nitrogen and oxygen atoms in total. The smallest absolute Gasteiger partial charge is 0.272 e. The average molecular weight is 576 g/mol. The molecule has 0 fully saturated rings. The number of hydrogen-bond acceptors (Lipinski definition) is 5. The molecule has 4 aromatic rings. The van der Waals surface area contributed by atoms with Gasteiger partial charge in [-0.2, -0.15) is 11.3 Å². The predicted molar refractivity (Wildman–Crippen MR) is 161 cm³/mol. The number of aryl methyl sites for hydroxylation is 1. The van der Waals surface area contributed by atoms with Crippen LogP contribution < -0.4 is 16.0 Å². The summed E-state index contributed by atoms with van der Waals surface area (Å²) in [5.41, 5.74) is 3.46. The minimum atomic E-state index is -0.463. The SMILES string of the molecule is Cc1ccc(NC(=O)C(C)Sc2cccc(NC(=O)/C(=C/c3ccsc3)NC(=O)c3ccccc3)c2)cc1Cl. The van der Waals surface area contributed by atoms with Gasteiger partial charge >= 0.3 is 0 Å². The predicted octanol–water partition coefficient (Wildman–Crippen LogP) is 7.24. The summed E-state index contributed by atoms with van der Waals surface area (Å²) in [5, 5.41) is 12.4. The maximum atomic E-state index is 13.2. The monoisotopic (exact) mass is 575 g/mol. The van der Waals surface area contributed by atoms with Crippen LogP contribution in [0.25, 0.3) is 6.08 Å². The molecule has 0 aliphatic carbocycles. The zero-order valence-corrected chi connectivity index (χ0v) is 23.6. The summed E-state index contributed by atoms with van der Waals surface area (Å²) < 4.78 is 0. The Hall–Kier alpha value is -3.85. The Morgan fingerprint density at radius 3 is 2.41 bits per heavy atom. The van der Waals surface area contributed by atoms with Crippen molar-refractivity contribution in [2.45, 2.75) is 24.0 Å². The van der Waals surface area contributed by atoms with Crippen molar-refractivity contribution in [2.24, 2.45) is 0 Å². The van der Waals surface area contributed by atoms with Gasteiger partial charge in [0.1, 0.15) is 5.70 Å². The van der Waals surface area contributed by atoms with Crippen LogP contribution in [0.4, 0.5) is 11.4 Å². The van der Waals surface area contributed by atoms with E-state index in [2.05, 4.69) is 16.0 Å². The van der Waals surface area contributed by atoms with Crippen LogP contribution >= 0.6 is 34.7 Å². The fraction of sp³-hybridized carbons (Fsp3) is 0.100. The highest BCUT2D eigenvalue weighted by Crippen LogP contribution is 2.28. The van der Waals surface area contributed by atoms with Gasteiger partial charge in [-0.05, 0) is 90.3 Å². The molecule has 0 spiro atoms. The standard InChI is InChI=1S/C30H26ClN3O3S2/c1-19-11-12-24(17-26(19)31)32-28(35)20(2)39-25-10-6-9-23(16-25)33-30(37)27(15-21-13-14-38-18-21)34-29(36)22-7-4-3-5-8-22/h3-18,20H,1-2H3,(H,32,35)(H,33,37)(H,34,36)/b27-15-. The van der Waals surface area contributed by atoms with Gasteiger partial charge in [-0.1, -0.05) is 41.9 Å². The van der Waals surface area contributed by atoms with E-state index in [1.165, 1.54) is 23.1 Å². The summed E-state index contributed by atoms with van der Waals surface area (Å²) in [7, 11) is 0. The number of thioether (sulfide) groups is 1. The fourth-order valence-electron chi connectivity index (χ4n) is 3.48. The van der Waals surface area contributed by atoms with Crippen LogP contribution in [0.3, 0.4) is 0 Å². The molecule has 1 aromatic heterocycles. The molecule has 1 heterocycles. The molecule has 3 amide bonds. The van der Waals surface area contributed by atoms with Crippen molar-refractivity contribution in [3.8, 4) is 0 Å². The first kappa shape index (κ1) is 28.2. The molecule has 1 atom stereocenters. The van der Waals surface area contributed by atoms with E-state index >= 15 is 0 Å². The molecule has 3 aromatic carbocycles. The maximum absolute atomic E-state index is 13.2. The Labute approximate surface area is 240 Å². The van der Waals surface area contributed by atoms with Crippen LogP contribution in [-0.4, -0.2) is 23.0 Å². The first-order valence-electron chi connectivity index (χ1n) is 12.0. The highest BCUT2D eigenvalue weighted by molar-refractivity contribution is 8.00. The van der Waals surface area contributed by atoms with E-state index in [0.717, 1.165) is 16.0 Å². The second-order valence-corrected chi connectivity index (χ2v) is 11.2. The van der Waals surface area contributed by atoms with Crippen LogP contribution in [0.2, 0.25) is 5.02 Å². The van der Waals surface area contributed by atoms with Crippen molar-refractivity contribution < 1.29 is 14.4 Å². The summed E-state index contributed by atoms with van der Waals surface area (Å²) in [5.74, 6) is -1.01. The third-order valence-electron chi connectivity index (χ3n) is 5.60. The number of rotatable bonds is 9. The van der Waals surface area contributed by atoms with Gasteiger partial charge in [-0.3, -0.25) is 14.4 Å². The zero-order valence-electron chi connectivity index (χ0n) is 21.2. The number of anilines is 2. The Kier molecular flexibility index (Phi) is 9.59. The molecule has 0 aliphatic rings. The lowest BCUT2D eigenvalue weighted by Gasteiger charge is -2.14. The molecular weight excluding hydrogens is 550 g/mol. The number of hydrogen-bond donors (Lipinski definition) is 3. The Morgan fingerprint density at radius 1 is 0.923 bits per heavy atom. The van der Waals surface area contributed by atoms with E-state index < -0.39 is 11.2 Å². The molecule has 198 valence electrons. The zero-order chi connectivity index (χ0) is 27.8. The first-order valence-corrected chi connectivity index (χ1v) is 14.2. The van der Waals surface area contributed by atoms with E-state index in [1.807, 2.05) is 54.9 Å². The van der Waals surface area contributed by atoms with Crippen LogP contribution in [0, 0.1) is 6.92 Å². The second kappa shape index (κ2) is 13.3. The molecule has 0 aliphatic heterocycles. The number of carbonyl (C=O) groups is 3. The quantitative estimate of drug-likeness (QED) is 0.145. The third kappa shape index (κ3) is 8.07. The van der Waals surface area contributed by atoms with Crippen molar-refractivity contribution in [1.82, 2.24) is 5.32 Å². The minimum Gasteiger partial charge on any atom is -0.325 e. The van der Waals surface area contributed by atoms with Gasteiger partial charge in [0.05, 0.1) is 5.25 Å². The van der Waals surface area contributed by atoms with Gasteiger partial charge in [-0.25, -0.2) is 0 Å². The van der Waals surface area contributed by atoms with Crippen molar-refractivity contribution in [1.29, 1.82) is 0 Å². The number of benzene rings is 3. The van der Waals surface area contributed by atoms with Gasteiger partial charge < -0.3 is 16.0 Å². The Morgan fingerprint density at radius 2 is 1.69 bits per heavy atom. The summed E-state index contributed by atoms with van der Waals surface area (Å²) in [6, 6.07) is 23.2. The Balaban J connectivity index is 1.44. The van der Waals surface area contributed by atoms with E-state index in [0.29, 0.717) is 22.0 Å². The van der Waals surface area contributed by atoms with Gasteiger partial charge in [0, 0.05) is 26.9 Å². The molecule has 39 heavy (non-hydrogen) atoms. The van der Waals surface area contributed by atoms with Gasteiger partial charge in [0.25, 0.3) is 11.8 Å². The number of halogens is 1. The van der Waals surface area contributed by atoms with Crippen LogP contribution in [0.1, 0.15) is 28.4 Å². The lowest BCUT2D eigenvalue weighted by molar-refractivity contribution is -0.115. The molecule has 0 saturated heterocycles. The lowest BCUT2D eigenvalue weighted by atomic mass is 10.2. The molecule has 0 saturated carbocycles. The fourth-order valence-corrected chi connectivity index (χ4v) is 5.21. The van der Waals surface area contributed by atoms with Crippen LogP contribution in [0.15, 0.2) is 100 Å². The lowest BCUT2D eigenvalue weighted by Crippen LogP contribution is -2.30. The molecule has 9 heteroatoms. The normalized spacial score (nSPS) is 11.9. The van der Waals surface area contributed by atoms with E-state index in [1.54, 1.807) is 54.6 Å². The second-order valence-electron chi connectivity index (χ2n) is 8.63. The van der Waals surface area contributed by atoms with Crippen LogP contribution in [-0.2, 0) is 9.59 Å². The molecule has 0 bridgehead atoms. The van der Waals surface area contributed by atoms with E-state index in [4.69, 9.17) is 11.6 Å². The van der Waals surface area contributed by atoms with E-state index in [9.17, 15) is 14.4 Å². The highest BCUT2D eigenvalue weighted by Gasteiger charge is 2.17. The largest absolute Gasteiger partial charge is 0.325 e. The molecule has 0 radical (unpaired) electrons. The number of nitrogens with one attached hydrogen (secondary N) is 3. The van der Waals surface area contributed by atoms with Gasteiger partial charge in [-0.15, -0.1) is 11.8 Å².